The molecule has 1 saturated heterocycles. The lowest BCUT2D eigenvalue weighted by atomic mass is 10.3. The fraction of sp³-hybridized carbons (Fsp3) is 0.333. The second-order valence-electron chi connectivity index (χ2n) is 5.02. The molecule has 0 bridgehead atoms. The number of carbonyl (C=O) groups excluding carboxylic acids is 2. The van der Waals surface area contributed by atoms with Crippen LogP contribution in [0, 0.1) is 0 Å². The van der Waals surface area contributed by atoms with Gasteiger partial charge in [0, 0.05) is 26.2 Å². The molecule has 0 N–H and O–H groups in total. The van der Waals surface area contributed by atoms with Crippen molar-refractivity contribution in [2.45, 2.75) is 6.42 Å². The number of hydrogen-bond donors (Lipinski definition) is 0. The lowest BCUT2D eigenvalue weighted by Gasteiger charge is -2.20. The highest BCUT2D eigenvalue weighted by Crippen LogP contribution is 2.17. The van der Waals surface area contributed by atoms with Crippen molar-refractivity contribution in [3.63, 3.8) is 0 Å². The van der Waals surface area contributed by atoms with Gasteiger partial charge in [0.1, 0.15) is 0 Å². The summed E-state index contributed by atoms with van der Waals surface area (Å²) in [5.74, 6) is 0.338. The molecule has 0 unspecified atom stereocenters. The van der Waals surface area contributed by atoms with Crippen molar-refractivity contribution in [3.05, 3.63) is 46.7 Å². The van der Waals surface area contributed by atoms with Gasteiger partial charge in [-0.3, -0.25) is 9.59 Å². The van der Waals surface area contributed by atoms with Gasteiger partial charge in [0.25, 0.3) is 11.8 Å². The summed E-state index contributed by atoms with van der Waals surface area (Å²) < 4.78 is 11.0. The maximum Gasteiger partial charge on any atom is 0.289 e. The van der Waals surface area contributed by atoms with E-state index in [1.54, 1.807) is 34.1 Å². The molecule has 2 aromatic rings. The second-order valence-corrected chi connectivity index (χ2v) is 5.80. The van der Waals surface area contributed by atoms with Gasteiger partial charge in [0.2, 0.25) is 0 Å². The number of amides is 2. The minimum Gasteiger partial charge on any atom is -0.459 e. The van der Waals surface area contributed by atoms with Crippen LogP contribution in [0.15, 0.2) is 44.0 Å². The van der Waals surface area contributed by atoms with E-state index < -0.39 is 0 Å². The third-order valence-electron chi connectivity index (χ3n) is 3.59. The predicted octanol–water partition coefficient (Wildman–Crippen LogP) is 2.62. The normalized spacial score (nSPS) is 15.7. The molecule has 116 valence electrons. The van der Waals surface area contributed by atoms with Crippen LogP contribution in [0.3, 0.4) is 0 Å². The van der Waals surface area contributed by atoms with E-state index in [1.807, 2.05) is 0 Å². The lowest BCUT2D eigenvalue weighted by Crippen LogP contribution is -2.37. The van der Waals surface area contributed by atoms with Gasteiger partial charge in [0.05, 0.1) is 6.26 Å². The quantitative estimate of drug-likeness (QED) is 0.819. The summed E-state index contributed by atoms with van der Waals surface area (Å²) in [5, 5.41) is 0. The molecule has 0 radical (unpaired) electrons. The standard InChI is InChI=1S/C15H15BrN2O4/c16-13-5-4-12(22-13)15(20)18-7-2-6-17(8-9-18)14(19)11-3-1-10-21-11/h1,3-5,10H,2,6-9H2. The van der Waals surface area contributed by atoms with Crippen molar-refractivity contribution in [2.75, 3.05) is 26.2 Å². The van der Waals surface area contributed by atoms with Gasteiger partial charge in [-0.25, -0.2) is 0 Å². The summed E-state index contributed by atoms with van der Waals surface area (Å²) in [6, 6.07) is 6.67. The molecular weight excluding hydrogens is 352 g/mol. The number of furan rings is 2. The molecule has 0 aromatic carbocycles. The van der Waals surface area contributed by atoms with Gasteiger partial charge in [-0.15, -0.1) is 0 Å². The number of nitrogens with zero attached hydrogens (tertiary/aromatic N) is 2. The van der Waals surface area contributed by atoms with Gasteiger partial charge in [-0.2, -0.15) is 0 Å². The maximum atomic E-state index is 12.4. The first-order chi connectivity index (χ1) is 10.6. The minimum atomic E-state index is -0.155. The molecule has 3 heterocycles. The Kier molecular flexibility index (Phi) is 4.33. The fourth-order valence-electron chi connectivity index (χ4n) is 2.46. The number of carbonyl (C=O) groups is 2. The molecular formula is C15H15BrN2O4. The van der Waals surface area contributed by atoms with E-state index in [0.29, 0.717) is 42.4 Å². The Morgan fingerprint density at radius 3 is 2.18 bits per heavy atom. The Morgan fingerprint density at radius 1 is 0.955 bits per heavy atom. The van der Waals surface area contributed by atoms with Crippen LogP contribution in [-0.4, -0.2) is 47.8 Å². The maximum absolute atomic E-state index is 12.4. The van der Waals surface area contributed by atoms with Gasteiger partial charge in [0.15, 0.2) is 16.2 Å². The van der Waals surface area contributed by atoms with E-state index in [-0.39, 0.29) is 11.8 Å². The minimum absolute atomic E-state index is 0.139. The highest BCUT2D eigenvalue weighted by atomic mass is 79.9. The number of halogens is 1. The van der Waals surface area contributed by atoms with Gasteiger partial charge < -0.3 is 18.6 Å². The molecule has 1 fully saturated rings. The Labute approximate surface area is 135 Å². The van der Waals surface area contributed by atoms with Crippen LogP contribution in [-0.2, 0) is 0 Å². The molecule has 0 atom stereocenters. The van der Waals surface area contributed by atoms with Crippen LogP contribution >= 0.6 is 15.9 Å². The number of hydrogen-bond acceptors (Lipinski definition) is 4. The summed E-state index contributed by atoms with van der Waals surface area (Å²) in [6.45, 7) is 2.15. The summed E-state index contributed by atoms with van der Waals surface area (Å²) >= 11 is 3.19. The van der Waals surface area contributed by atoms with E-state index in [2.05, 4.69) is 15.9 Å². The van der Waals surface area contributed by atoms with Crippen LogP contribution in [0.5, 0.6) is 0 Å². The zero-order valence-corrected chi connectivity index (χ0v) is 13.4. The van der Waals surface area contributed by atoms with E-state index >= 15 is 0 Å². The SMILES string of the molecule is O=C(c1ccco1)N1CCCN(C(=O)c2ccc(Br)o2)CC1. The van der Waals surface area contributed by atoms with Crippen LogP contribution in [0.25, 0.3) is 0 Å². The number of rotatable bonds is 2. The molecule has 0 aliphatic carbocycles. The summed E-state index contributed by atoms with van der Waals surface area (Å²) in [6.07, 6.45) is 2.20. The van der Waals surface area contributed by atoms with Crippen LogP contribution in [0.4, 0.5) is 0 Å². The van der Waals surface area contributed by atoms with Crippen molar-refractivity contribution in [1.29, 1.82) is 0 Å². The largest absolute Gasteiger partial charge is 0.459 e. The molecule has 0 saturated carbocycles. The van der Waals surface area contributed by atoms with Crippen LogP contribution in [0.2, 0.25) is 0 Å². The first-order valence-electron chi connectivity index (χ1n) is 7.02. The van der Waals surface area contributed by atoms with Crippen molar-refractivity contribution >= 4 is 27.7 Å². The highest BCUT2D eigenvalue weighted by molar-refractivity contribution is 9.10. The Bertz CT molecular complexity index is 665. The molecule has 7 heteroatoms. The smallest absolute Gasteiger partial charge is 0.289 e. The van der Waals surface area contributed by atoms with Crippen LogP contribution in [0.1, 0.15) is 27.5 Å². The summed E-state index contributed by atoms with van der Waals surface area (Å²) in [7, 11) is 0. The molecule has 1 aliphatic heterocycles. The highest BCUT2D eigenvalue weighted by Gasteiger charge is 2.25. The first-order valence-corrected chi connectivity index (χ1v) is 7.82. The van der Waals surface area contributed by atoms with Crippen LogP contribution < -0.4 is 0 Å². The molecule has 0 spiro atoms. The third kappa shape index (κ3) is 3.09. The summed E-state index contributed by atoms with van der Waals surface area (Å²) in [4.78, 5) is 28.0. The molecule has 22 heavy (non-hydrogen) atoms. The van der Waals surface area contributed by atoms with Gasteiger partial charge in [-0.05, 0) is 46.6 Å². The van der Waals surface area contributed by atoms with Crippen molar-refractivity contribution in [3.8, 4) is 0 Å². The van der Waals surface area contributed by atoms with Gasteiger partial charge >= 0.3 is 0 Å². The fourth-order valence-corrected chi connectivity index (χ4v) is 2.77. The monoisotopic (exact) mass is 366 g/mol. The Hall–Kier alpha value is -2.02. The molecule has 2 aromatic heterocycles. The molecule has 2 amide bonds. The predicted molar refractivity (Wildman–Crippen MR) is 81.5 cm³/mol. The molecule has 3 rings (SSSR count). The molecule has 6 nitrogen and oxygen atoms in total. The lowest BCUT2D eigenvalue weighted by molar-refractivity contribution is 0.0686. The second kappa shape index (κ2) is 6.39. The van der Waals surface area contributed by atoms with E-state index in [0.717, 1.165) is 6.42 Å². The molecule has 1 aliphatic rings. The topological polar surface area (TPSA) is 66.9 Å². The average Bonchev–Trinajstić information content (AvgIpc) is 3.13. The first kappa shape index (κ1) is 14.9. The van der Waals surface area contributed by atoms with E-state index in [4.69, 9.17) is 8.83 Å². The zero-order chi connectivity index (χ0) is 15.5. The summed E-state index contributed by atoms with van der Waals surface area (Å²) in [5.41, 5.74) is 0. The average molecular weight is 367 g/mol. The van der Waals surface area contributed by atoms with Crippen molar-refractivity contribution in [2.24, 2.45) is 0 Å². The Balaban J connectivity index is 1.65. The third-order valence-corrected chi connectivity index (χ3v) is 4.01. The van der Waals surface area contributed by atoms with E-state index in [9.17, 15) is 9.59 Å². The van der Waals surface area contributed by atoms with Gasteiger partial charge in [-0.1, -0.05) is 0 Å². The van der Waals surface area contributed by atoms with E-state index in [1.165, 1.54) is 6.26 Å². The van der Waals surface area contributed by atoms with Crippen molar-refractivity contribution < 1.29 is 18.4 Å². The Morgan fingerprint density at radius 2 is 1.64 bits per heavy atom. The zero-order valence-electron chi connectivity index (χ0n) is 11.8. The van der Waals surface area contributed by atoms with Crippen molar-refractivity contribution in [1.82, 2.24) is 9.80 Å².